The lowest BCUT2D eigenvalue weighted by Gasteiger charge is -2.13. The Morgan fingerprint density at radius 3 is 2.71 bits per heavy atom. The molecule has 1 atom stereocenters. The zero-order valence-corrected chi connectivity index (χ0v) is 9.12. The Hall–Kier alpha value is -0.650. The number of likely N-dealkylation sites (N-methyl/N-ethyl adjacent to an activating group) is 1. The molecular weight excluding hydrogens is 184 g/mol. The number of nitrogens with zero attached hydrogens (tertiary/aromatic N) is 1. The lowest BCUT2D eigenvalue weighted by Crippen LogP contribution is -2.33. The van der Waals surface area contributed by atoms with Crippen molar-refractivity contribution in [3.8, 4) is 0 Å². The maximum atomic E-state index is 10.7. The van der Waals surface area contributed by atoms with Gasteiger partial charge in [0.15, 0.2) is 0 Å². The van der Waals surface area contributed by atoms with Crippen LogP contribution in [0.3, 0.4) is 0 Å². The molecule has 5 nitrogen and oxygen atoms in total. The van der Waals surface area contributed by atoms with Gasteiger partial charge in [-0.2, -0.15) is 0 Å². The molecule has 84 valence electrons. The molecule has 1 unspecified atom stereocenters. The molecule has 0 saturated heterocycles. The minimum absolute atomic E-state index is 0.0471. The molecule has 0 aromatic rings. The summed E-state index contributed by atoms with van der Waals surface area (Å²) in [5.41, 5.74) is 0. The molecule has 0 heterocycles. The molecule has 0 spiro atoms. The van der Waals surface area contributed by atoms with Crippen LogP contribution >= 0.6 is 0 Å². The first-order valence-corrected chi connectivity index (χ1v) is 4.66. The fraction of sp³-hybridized carbons (Fsp3) is 0.889. The summed E-state index contributed by atoms with van der Waals surface area (Å²) in [7, 11) is 5.27. The number of hydrogen-bond donors (Lipinski definition) is 2. The third-order valence-electron chi connectivity index (χ3n) is 1.75. The van der Waals surface area contributed by atoms with Gasteiger partial charge in [0.25, 0.3) is 0 Å². The van der Waals surface area contributed by atoms with Crippen molar-refractivity contribution in [3.05, 3.63) is 0 Å². The van der Waals surface area contributed by atoms with Crippen LogP contribution in [0.15, 0.2) is 0 Å². The monoisotopic (exact) mass is 204 g/mol. The number of carbonyl (C=O) groups excluding carboxylic acids is 1. The van der Waals surface area contributed by atoms with Crippen molar-refractivity contribution in [1.29, 1.82) is 0 Å². The molecule has 5 heteroatoms. The maximum absolute atomic E-state index is 10.7. The highest BCUT2D eigenvalue weighted by Crippen LogP contribution is 1.91. The first-order valence-electron chi connectivity index (χ1n) is 4.66. The van der Waals surface area contributed by atoms with E-state index in [1.165, 1.54) is 7.11 Å². The van der Waals surface area contributed by atoms with Gasteiger partial charge in [0.2, 0.25) is 0 Å². The third kappa shape index (κ3) is 7.97. The summed E-state index contributed by atoms with van der Waals surface area (Å²) in [6.07, 6.45) is -0.615. The van der Waals surface area contributed by atoms with Crippen LogP contribution in [0.1, 0.15) is 6.42 Å². The van der Waals surface area contributed by atoms with Crippen molar-refractivity contribution in [1.82, 2.24) is 10.2 Å². The smallest absolute Gasteiger partial charge is 0.308 e. The molecule has 0 amide bonds. The van der Waals surface area contributed by atoms with Crippen LogP contribution < -0.4 is 5.32 Å². The van der Waals surface area contributed by atoms with Gasteiger partial charge >= 0.3 is 5.97 Å². The number of aliphatic hydroxyl groups is 1. The number of nitrogens with one attached hydrogen (secondary N) is 1. The SMILES string of the molecule is COC(=O)CC(O)CNCCN(C)C. The van der Waals surface area contributed by atoms with Crippen LogP contribution in [0.5, 0.6) is 0 Å². The van der Waals surface area contributed by atoms with Crippen molar-refractivity contribution in [2.45, 2.75) is 12.5 Å². The number of aliphatic hydroxyl groups excluding tert-OH is 1. The summed E-state index contributed by atoms with van der Waals surface area (Å²) >= 11 is 0. The van der Waals surface area contributed by atoms with Crippen LogP contribution in [0.2, 0.25) is 0 Å². The van der Waals surface area contributed by atoms with Crippen molar-refractivity contribution >= 4 is 5.97 Å². The fourth-order valence-electron chi connectivity index (χ4n) is 0.919. The van der Waals surface area contributed by atoms with Gasteiger partial charge in [-0.25, -0.2) is 0 Å². The van der Waals surface area contributed by atoms with Gasteiger partial charge in [-0.05, 0) is 14.1 Å². The summed E-state index contributed by atoms with van der Waals surface area (Å²) in [6, 6.07) is 0. The summed E-state index contributed by atoms with van der Waals surface area (Å²) in [6.45, 7) is 2.12. The van der Waals surface area contributed by atoms with Crippen molar-refractivity contribution in [2.75, 3.05) is 40.8 Å². The standard InChI is InChI=1S/C9H20N2O3/c1-11(2)5-4-10-7-8(12)6-9(13)14-3/h8,10,12H,4-7H2,1-3H3. The zero-order valence-electron chi connectivity index (χ0n) is 9.12. The van der Waals surface area contributed by atoms with Crippen LogP contribution in [0.25, 0.3) is 0 Å². The Kier molecular flexibility index (Phi) is 7.37. The predicted molar refractivity (Wildman–Crippen MR) is 54.1 cm³/mol. The predicted octanol–water partition coefficient (Wildman–Crippen LogP) is -0.938. The molecular formula is C9H20N2O3. The van der Waals surface area contributed by atoms with Crippen LogP contribution in [0, 0.1) is 0 Å². The van der Waals surface area contributed by atoms with Gasteiger partial charge in [0.1, 0.15) is 0 Å². The second kappa shape index (κ2) is 7.73. The number of hydrogen-bond acceptors (Lipinski definition) is 5. The molecule has 0 saturated carbocycles. The first kappa shape index (κ1) is 13.4. The highest BCUT2D eigenvalue weighted by molar-refractivity contribution is 5.69. The second-order valence-corrected chi connectivity index (χ2v) is 3.44. The lowest BCUT2D eigenvalue weighted by atomic mass is 10.2. The van der Waals surface area contributed by atoms with Gasteiger partial charge in [-0.15, -0.1) is 0 Å². The Balaban J connectivity index is 3.35. The highest BCUT2D eigenvalue weighted by Gasteiger charge is 2.09. The Morgan fingerprint density at radius 1 is 1.57 bits per heavy atom. The average molecular weight is 204 g/mol. The van der Waals surface area contributed by atoms with Gasteiger partial charge < -0.3 is 20.1 Å². The quantitative estimate of drug-likeness (QED) is 0.414. The van der Waals surface area contributed by atoms with E-state index < -0.39 is 6.10 Å². The number of methoxy groups -OCH3 is 1. The summed E-state index contributed by atoms with van der Waals surface area (Å²) in [5.74, 6) is -0.382. The van der Waals surface area contributed by atoms with Crippen LogP contribution in [-0.4, -0.2) is 62.9 Å². The summed E-state index contributed by atoms with van der Waals surface area (Å²) in [5, 5.41) is 12.4. The molecule has 0 aliphatic heterocycles. The third-order valence-corrected chi connectivity index (χ3v) is 1.75. The second-order valence-electron chi connectivity index (χ2n) is 3.44. The van der Waals surface area contributed by atoms with E-state index in [1.54, 1.807) is 0 Å². The largest absolute Gasteiger partial charge is 0.469 e. The normalized spacial score (nSPS) is 12.9. The van der Waals surface area contributed by atoms with E-state index in [0.717, 1.165) is 13.1 Å². The molecule has 0 bridgehead atoms. The van der Waals surface area contributed by atoms with E-state index in [9.17, 15) is 9.90 Å². The van der Waals surface area contributed by atoms with Gasteiger partial charge in [-0.1, -0.05) is 0 Å². The first-order chi connectivity index (χ1) is 6.56. The van der Waals surface area contributed by atoms with E-state index in [1.807, 2.05) is 19.0 Å². The Morgan fingerprint density at radius 2 is 2.21 bits per heavy atom. The van der Waals surface area contributed by atoms with Crippen LogP contribution in [-0.2, 0) is 9.53 Å². The molecule has 0 fully saturated rings. The van der Waals surface area contributed by atoms with Gasteiger partial charge in [0.05, 0.1) is 19.6 Å². The molecule has 14 heavy (non-hydrogen) atoms. The highest BCUT2D eigenvalue weighted by atomic mass is 16.5. The van der Waals surface area contributed by atoms with E-state index >= 15 is 0 Å². The number of esters is 1. The van der Waals surface area contributed by atoms with E-state index in [0.29, 0.717) is 6.54 Å². The van der Waals surface area contributed by atoms with Crippen LogP contribution in [0.4, 0.5) is 0 Å². The maximum Gasteiger partial charge on any atom is 0.308 e. The number of carbonyl (C=O) groups is 1. The molecule has 0 radical (unpaired) electrons. The summed E-state index contributed by atoms with van der Waals surface area (Å²) in [4.78, 5) is 12.8. The molecule has 0 rings (SSSR count). The Bertz CT molecular complexity index is 162. The topological polar surface area (TPSA) is 61.8 Å². The minimum Gasteiger partial charge on any atom is -0.469 e. The lowest BCUT2D eigenvalue weighted by molar-refractivity contribution is -0.142. The van der Waals surface area contributed by atoms with Crippen molar-refractivity contribution in [2.24, 2.45) is 0 Å². The van der Waals surface area contributed by atoms with E-state index in [-0.39, 0.29) is 12.4 Å². The van der Waals surface area contributed by atoms with E-state index in [2.05, 4.69) is 10.1 Å². The van der Waals surface area contributed by atoms with Crippen molar-refractivity contribution in [3.63, 3.8) is 0 Å². The fourth-order valence-corrected chi connectivity index (χ4v) is 0.919. The summed E-state index contributed by atoms with van der Waals surface area (Å²) < 4.78 is 4.43. The molecule has 2 N–H and O–H groups in total. The zero-order chi connectivity index (χ0) is 11.0. The minimum atomic E-state index is -0.662. The van der Waals surface area contributed by atoms with Gasteiger partial charge in [-0.3, -0.25) is 4.79 Å². The van der Waals surface area contributed by atoms with Gasteiger partial charge in [0, 0.05) is 19.6 Å². The Labute approximate surface area is 85.0 Å². The molecule has 0 aromatic carbocycles. The van der Waals surface area contributed by atoms with Crippen molar-refractivity contribution < 1.29 is 14.6 Å². The average Bonchev–Trinajstić information content (AvgIpc) is 2.12. The number of rotatable bonds is 7. The van der Waals surface area contributed by atoms with E-state index in [4.69, 9.17) is 0 Å². The molecule has 0 aromatic heterocycles. The molecule has 0 aliphatic carbocycles. The molecule has 0 aliphatic rings. The number of ether oxygens (including phenoxy) is 1.